The molecule has 0 bridgehead atoms. The number of hydrogen-bond acceptors (Lipinski definition) is 5. The van der Waals surface area contributed by atoms with Gasteiger partial charge in [-0.15, -0.1) is 10.2 Å². The molecule has 1 N–H and O–H groups in total. The van der Waals surface area contributed by atoms with Crippen LogP contribution in [0.1, 0.15) is 30.2 Å². The molecule has 2 rings (SSSR count). The van der Waals surface area contributed by atoms with Crippen molar-refractivity contribution in [3.63, 3.8) is 0 Å². The molecule has 18 heavy (non-hydrogen) atoms. The predicted molar refractivity (Wildman–Crippen MR) is 66.9 cm³/mol. The fraction of sp³-hybridized carbons (Fsp3) is 0.636. The molecule has 1 atom stereocenters. The molecule has 7 heteroatoms. The van der Waals surface area contributed by atoms with E-state index in [9.17, 15) is 0 Å². The molecule has 98 valence electrons. The van der Waals surface area contributed by atoms with Gasteiger partial charge in [0.2, 0.25) is 0 Å². The Labute approximate surface area is 106 Å². The Morgan fingerprint density at radius 2 is 2.11 bits per heavy atom. The molecule has 0 radical (unpaired) electrons. The van der Waals surface area contributed by atoms with E-state index in [0.717, 1.165) is 23.8 Å². The summed E-state index contributed by atoms with van der Waals surface area (Å²) in [6.07, 6.45) is 0.709. The van der Waals surface area contributed by atoms with E-state index in [2.05, 4.69) is 38.8 Å². The minimum Gasteiger partial charge on any atom is -0.309 e. The van der Waals surface area contributed by atoms with Crippen LogP contribution in [0.25, 0.3) is 0 Å². The van der Waals surface area contributed by atoms with E-state index in [1.54, 1.807) is 7.05 Å². The van der Waals surface area contributed by atoms with E-state index in [1.807, 2.05) is 18.7 Å². The van der Waals surface area contributed by atoms with E-state index in [0.29, 0.717) is 6.42 Å². The Morgan fingerprint density at radius 3 is 2.61 bits per heavy atom. The zero-order chi connectivity index (χ0) is 13.1. The van der Waals surface area contributed by atoms with Gasteiger partial charge in [-0.2, -0.15) is 9.90 Å². The van der Waals surface area contributed by atoms with E-state index >= 15 is 0 Å². The molecule has 0 saturated carbocycles. The summed E-state index contributed by atoms with van der Waals surface area (Å²) >= 11 is 0. The van der Waals surface area contributed by atoms with Gasteiger partial charge in [-0.3, -0.25) is 4.68 Å². The first-order valence-electron chi connectivity index (χ1n) is 6.07. The van der Waals surface area contributed by atoms with Crippen LogP contribution in [0.4, 0.5) is 0 Å². The number of aryl methyl sites for hydroxylation is 3. The molecule has 0 spiro atoms. The van der Waals surface area contributed by atoms with Crippen molar-refractivity contribution < 1.29 is 0 Å². The number of hydrogen-bond donors (Lipinski definition) is 1. The van der Waals surface area contributed by atoms with E-state index in [1.165, 1.54) is 4.80 Å². The molecule has 1 unspecified atom stereocenters. The van der Waals surface area contributed by atoms with Crippen LogP contribution < -0.4 is 5.32 Å². The second kappa shape index (κ2) is 5.26. The summed E-state index contributed by atoms with van der Waals surface area (Å²) in [7, 11) is 3.73. The third-order valence-electron chi connectivity index (χ3n) is 2.78. The van der Waals surface area contributed by atoms with Crippen LogP contribution >= 0.6 is 0 Å². The Kier molecular flexibility index (Phi) is 3.71. The van der Waals surface area contributed by atoms with Crippen molar-refractivity contribution in [1.29, 1.82) is 0 Å². The van der Waals surface area contributed by atoms with Gasteiger partial charge in [-0.1, -0.05) is 6.92 Å². The average Bonchev–Trinajstić information content (AvgIpc) is 2.84. The highest BCUT2D eigenvalue weighted by Crippen LogP contribution is 2.17. The van der Waals surface area contributed by atoms with Crippen molar-refractivity contribution in [2.45, 2.75) is 26.3 Å². The number of tetrazole rings is 1. The zero-order valence-corrected chi connectivity index (χ0v) is 11.3. The first kappa shape index (κ1) is 12.7. The van der Waals surface area contributed by atoms with Crippen molar-refractivity contribution in [2.24, 2.45) is 14.1 Å². The third-order valence-corrected chi connectivity index (χ3v) is 2.78. The highest BCUT2D eigenvalue weighted by Gasteiger charge is 2.18. The van der Waals surface area contributed by atoms with Crippen molar-refractivity contribution >= 4 is 0 Å². The van der Waals surface area contributed by atoms with Gasteiger partial charge in [0.1, 0.15) is 0 Å². The smallest absolute Gasteiger partial charge is 0.176 e. The zero-order valence-electron chi connectivity index (χ0n) is 11.3. The van der Waals surface area contributed by atoms with Crippen LogP contribution in [0.3, 0.4) is 0 Å². The van der Waals surface area contributed by atoms with Crippen LogP contribution in [-0.2, 0) is 20.5 Å². The Morgan fingerprint density at radius 1 is 1.33 bits per heavy atom. The molecule has 0 aliphatic rings. The van der Waals surface area contributed by atoms with Crippen molar-refractivity contribution in [3.8, 4) is 0 Å². The molecule has 2 heterocycles. The lowest BCUT2D eigenvalue weighted by Gasteiger charge is -2.16. The topological polar surface area (TPSA) is 73.5 Å². The molecule has 0 saturated heterocycles. The van der Waals surface area contributed by atoms with Gasteiger partial charge < -0.3 is 5.32 Å². The van der Waals surface area contributed by atoms with Crippen LogP contribution in [0.15, 0.2) is 6.07 Å². The highest BCUT2D eigenvalue weighted by atomic mass is 15.6. The number of aromatic nitrogens is 6. The van der Waals surface area contributed by atoms with Crippen LogP contribution in [0, 0.1) is 6.92 Å². The minimum atomic E-state index is 0.158. The van der Waals surface area contributed by atoms with E-state index < -0.39 is 0 Å². The van der Waals surface area contributed by atoms with Crippen LogP contribution in [0.2, 0.25) is 0 Å². The van der Waals surface area contributed by atoms with Gasteiger partial charge in [0.15, 0.2) is 5.82 Å². The van der Waals surface area contributed by atoms with Gasteiger partial charge in [0, 0.05) is 13.5 Å². The normalized spacial score (nSPS) is 12.9. The SMILES string of the molecule is CCNC(Cc1nnn(C)n1)c1cc(C)nn1C. The molecule has 2 aromatic rings. The van der Waals surface area contributed by atoms with Gasteiger partial charge in [-0.25, -0.2) is 0 Å². The molecule has 0 fully saturated rings. The maximum atomic E-state index is 4.38. The first-order valence-corrected chi connectivity index (χ1v) is 6.07. The lowest BCUT2D eigenvalue weighted by molar-refractivity contribution is 0.497. The van der Waals surface area contributed by atoms with E-state index in [4.69, 9.17) is 0 Å². The number of nitrogens with one attached hydrogen (secondary N) is 1. The van der Waals surface area contributed by atoms with Gasteiger partial charge in [0.25, 0.3) is 0 Å². The average molecular weight is 249 g/mol. The molecule has 0 aliphatic heterocycles. The minimum absolute atomic E-state index is 0.158. The van der Waals surface area contributed by atoms with Gasteiger partial charge in [0.05, 0.1) is 24.5 Å². The second-order valence-corrected chi connectivity index (χ2v) is 4.34. The standard InChI is InChI=1S/C11H19N7/c1-5-12-9(7-11-13-16-18(4)15-11)10-6-8(2)14-17(10)3/h6,9,12H,5,7H2,1-4H3. The lowest BCUT2D eigenvalue weighted by atomic mass is 10.1. The molecule has 0 aliphatic carbocycles. The maximum absolute atomic E-state index is 4.38. The Hall–Kier alpha value is -1.76. The summed E-state index contributed by atoms with van der Waals surface area (Å²) in [6.45, 7) is 4.96. The second-order valence-electron chi connectivity index (χ2n) is 4.34. The summed E-state index contributed by atoms with van der Waals surface area (Å²) in [5.41, 5.74) is 2.16. The number of rotatable bonds is 5. The van der Waals surface area contributed by atoms with Gasteiger partial charge >= 0.3 is 0 Å². The summed E-state index contributed by atoms with van der Waals surface area (Å²) in [4.78, 5) is 1.48. The van der Waals surface area contributed by atoms with Crippen molar-refractivity contribution in [2.75, 3.05) is 6.54 Å². The molecule has 0 aromatic carbocycles. The summed E-state index contributed by atoms with van der Waals surface area (Å²) in [6, 6.07) is 2.24. The largest absolute Gasteiger partial charge is 0.309 e. The highest BCUT2D eigenvalue weighted by molar-refractivity contribution is 5.14. The molecule has 0 amide bonds. The molecular formula is C11H19N7. The van der Waals surface area contributed by atoms with Crippen molar-refractivity contribution in [1.82, 2.24) is 35.3 Å². The molecular weight excluding hydrogens is 230 g/mol. The van der Waals surface area contributed by atoms with Crippen LogP contribution in [0.5, 0.6) is 0 Å². The van der Waals surface area contributed by atoms with Gasteiger partial charge in [-0.05, 0) is 24.7 Å². The third kappa shape index (κ3) is 2.73. The molecule has 2 aromatic heterocycles. The van der Waals surface area contributed by atoms with Crippen molar-refractivity contribution in [3.05, 3.63) is 23.3 Å². The number of nitrogens with zero attached hydrogens (tertiary/aromatic N) is 6. The first-order chi connectivity index (χ1) is 8.60. The Bertz CT molecular complexity index is 513. The summed E-state index contributed by atoms with van der Waals surface area (Å²) in [5, 5.41) is 19.9. The monoisotopic (exact) mass is 249 g/mol. The fourth-order valence-corrected chi connectivity index (χ4v) is 2.07. The number of likely N-dealkylation sites (N-methyl/N-ethyl adjacent to an activating group) is 1. The fourth-order valence-electron chi connectivity index (χ4n) is 2.07. The predicted octanol–water partition coefficient (Wildman–Crippen LogP) is 0.145. The van der Waals surface area contributed by atoms with E-state index in [-0.39, 0.29) is 6.04 Å². The lowest BCUT2D eigenvalue weighted by Crippen LogP contribution is -2.25. The quantitative estimate of drug-likeness (QED) is 0.816. The van der Waals surface area contributed by atoms with Crippen LogP contribution in [-0.4, -0.2) is 36.5 Å². The maximum Gasteiger partial charge on any atom is 0.176 e. The summed E-state index contributed by atoms with van der Waals surface area (Å²) in [5.74, 6) is 0.738. The molecule has 7 nitrogen and oxygen atoms in total. The Balaban J connectivity index is 2.20. The summed E-state index contributed by atoms with van der Waals surface area (Å²) < 4.78 is 1.90.